The van der Waals surface area contributed by atoms with E-state index in [1.54, 1.807) is 18.2 Å². The number of ether oxygens (including phenoxy) is 1. The second-order valence-corrected chi connectivity index (χ2v) is 4.67. The van der Waals surface area contributed by atoms with Crippen molar-refractivity contribution in [2.45, 2.75) is 6.54 Å². The van der Waals surface area contributed by atoms with Gasteiger partial charge >= 0.3 is 5.69 Å². The average Bonchev–Trinajstić information content (AvgIpc) is 2.46. The number of methoxy groups -OCH3 is 1. The molecule has 0 saturated carbocycles. The van der Waals surface area contributed by atoms with Crippen molar-refractivity contribution in [1.29, 1.82) is 0 Å². The molecule has 2 aromatic rings. The number of anilines is 1. The highest BCUT2D eigenvalue weighted by Crippen LogP contribution is 2.25. The zero-order chi connectivity index (χ0) is 15.4. The van der Waals surface area contributed by atoms with Gasteiger partial charge in [0.2, 0.25) is 5.82 Å². The van der Waals surface area contributed by atoms with E-state index < -0.39 is 16.4 Å². The molecule has 0 heterocycles. The fraction of sp³-hybridized carbons (Fsp3) is 0.143. The molecule has 0 aliphatic heterocycles. The summed E-state index contributed by atoms with van der Waals surface area (Å²) in [6.07, 6.45) is 0. The number of nitrogens with zero attached hydrogens (tertiary/aromatic N) is 1. The number of hydrogen-bond acceptors (Lipinski definition) is 4. The fourth-order valence-corrected chi connectivity index (χ4v) is 2.04. The summed E-state index contributed by atoms with van der Waals surface area (Å²) in [6, 6.07) is 8.78. The lowest BCUT2D eigenvalue weighted by Crippen LogP contribution is -2.03. The molecule has 5 nitrogen and oxygen atoms in total. The standard InChI is InChI=1S/C14H12ClFN2O3/c1-21-14-5-2-10(15)6-9(14)8-17-11-3-4-12(16)13(7-11)18(19)20/h2-7,17H,8H2,1H3. The van der Waals surface area contributed by atoms with Gasteiger partial charge in [-0.15, -0.1) is 0 Å². The Hall–Kier alpha value is -2.34. The molecule has 0 bridgehead atoms. The van der Waals surface area contributed by atoms with Crippen molar-refractivity contribution < 1.29 is 14.1 Å². The molecule has 0 aliphatic carbocycles. The molecule has 0 saturated heterocycles. The van der Waals surface area contributed by atoms with E-state index in [1.165, 1.54) is 13.2 Å². The van der Waals surface area contributed by atoms with Gasteiger partial charge in [0.25, 0.3) is 0 Å². The molecule has 0 aromatic heterocycles. The maximum atomic E-state index is 13.2. The number of halogens is 2. The van der Waals surface area contributed by atoms with E-state index in [0.29, 0.717) is 23.0 Å². The first-order valence-corrected chi connectivity index (χ1v) is 6.39. The normalized spacial score (nSPS) is 10.2. The van der Waals surface area contributed by atoms with Crippen LogP contribution >= 0.6 is 11.6 Å². The Balaban J connectivity index is 2.19. The second kappa shape index (κ2) is 6.41. The van der Waals surface area contributed by atoms with E-state index in [1.807, 2.05) is 0 Å². The summed E-state index contributed by atoms with van der Waals surface area (Å²) in [7, 11) is 1.54. The summed E-state index contributed by atoms with van der Waals surface area (Å²) < 4.78 is 18.5. The molecule has 2 rings (SSSR count). The number of benzene rings is 2. The van der Waals surface area contributed by atoms with E-state index in [4.69, 9.17) is 16.3 Å². The van der Waals surface area contributed by atoms with Gasteiger partial charge in [-0.1, -0.05) is 11.6 Å². The van der Waals surface area contributed by atoms with Crippen LogP contribution in [0.5, 0.6) is 5.75 Å². The highest BCUT2D eigenvalue weighted by molar-refractivity contribution is 6.30. The summed E-state index contributed by atoms with van der Waals surface area (Å²) >= 11 is 5.92. The van der Waals surface area contributed by atoms with Crippen LogP contribution in [0.4, 0.5) is 15.8 Å². The van der Waals surface area contributed by atoms with Crippen molar-refractivity contribution in [1.82, 2.24) is 0 Å². The van der Waals surface area contributed by atoms with Crippen LogP contribution in [0, 0.1) is 15.9 Å². The first kappa shape index (κ1) is 15.1. The van der Waals surface area contributed by atoms with Crippen LogP contribution < -0.4 is 10.1 Å². The lowest BCUT2D eigenvalue weighted by molar-refractivity contribution is -0.387. The number of rotatable bonds is 5. The van der Waals surface area contributed by atoms with Gasteiger partial charge in [-0.05, 0) is 30.3 Å². The molecule has 0 atom stereocenters. The summed E-state index contributed by atoms with van der Waals surface area (Å²) in [5.74, 6) is -0.227. The Morgan fingerprint density at radius 2 is 2.10 bits per heavy atom. The summed E-state index contributed by atoms with van der Waals surface area (Å²) in [4.78, 5) is 9.93. The number of hydrogen-bond donors (Lipinski definition) is 1. The van der Waals surface area contributed by atoms with E-state index in [0.717, 1.165) is 17.7 Å². The van der Waals surface area contributed by atoms with E-state index >= 15 is 0 Å². The van der Waals surface area contributed by atoms with Crippen LogP contribution in [0.2, 0.25) is 5.02 Å². The molecule has 0 fully saturated rings. The van der Waals surface area contributed by atoms with Gasteiger partial charge in [0.1, 0.15) is 5.75 Å². The average molecular weight is 311 g/mol. The molecule has 0 aliphatic rings. The van der Waals surface area contributed by atoms with E-state index in [2.05, 4.69) is 5.32 Å². The molecule has 0 spiro atoms. The number of nitrogens with one attached hydrogen (secondary N) is 1. The van der Waals surface area contributed by atoms with Gasteiger partial charge < -0.3 is 10.1 Å². The van der Waals surface area contributed by atoms with Crippen molar-refractivity contribution in [3.05, 3.63) is 62.9 Å². The van der Waals surface area contributed by atoms with Gasteiger partial charge in [0.05, 0.1) is 12.0 Å². The van der Waals surface area contributed by atoms with Gasteiger partial charge in [-0.25, -0.2) is 0 Å². The minimum Gasteiger partial charge on any atom is -0.496 e. The Labute approximate surface area is 125 Å². The van der Waals surface area contributed by atoms with Crippen LogP contribution in [-0.2, 0) is 6.54 Å². The lowest BCUT2D eigenvalue weighted by Gasteiger charge is -2.11. The Kier molecular flexibility index (Phi) is 4.59. The lowest BCUT2D eigenvalue weighted by atomic mass is 10.2. The SMILES string of the molecule is COc1ccc(Cl)cc1CNc1ccc(F)c([N+](=O)[O-])c1. The molecule has 110 valence electrons. The first-order chi connectivity index (χ1) is 10.0. The van der Waals surface area contributed by atoms with Crippen molar-refractivity contribution in [3.8, 4) is 5.75 Å². The second-order valence-electron chi connectivity index (χ2n) is 4.23. The van der Waals surface area contributed by atoms with Crippen molar-refractivity contribution in [2.75, 3.05) is 12.4 Å². The predicted molar refractivity (Wildman–Crippen MR) is 78.4 cm³/mol. The molecule has 2 aromatic carbocycles. The monoisotopic (exact) mass is 310 g/mol. The Bertz CT molecular complexity index is 679. The van der Waals surface area contributed by atoms with Crippen molar-refractivity contribution in [2.24, 2.45) is 0 Å². The molecular formula is C14H12ClFN2O3. The largest absolute Gasteiger partial charge is 0.496 e. The van der Waals surface area contributed by atoms with Crippen LogP contribution in [0.1, 0.15) is 5.56 Å². The zero-order valence-electron chi connectivity index (χ0n) is 11.1. The van der Waals surface area contributed by atoms with Gasteiger partial charge in [-0.2, -0.15) is 4.39 Å². The first-order valence-electron chi connectivity index (χ1n) is 6.01. The Morgan fingerprint density at radius 3 is 2.76 bits per heavy atom. The smallest absolute Gasteiger partial charge is 0.306 e. The van der Waals surface area contributed by atoms with Crippen LogP contribution in [0.15, 0.2) is 36.4 Å². The Morgan fingerprint density at radius 1 is 1.33 bits per heavy atom. The maximum Gasteiger partial charge on any atom is 0.306 e. The molecule has 0 unspecified atom stereocenters. The molecule has 7 heteroatoms. The highest BCUT2D eigenvalue weighted by Gasteiger charge is 2.14. The van der Waals surface area contributed by atoms with Crippen LogP contribution in [-0.4, -0.2) is 12.0 Å². The maximum absolute atomic E-state index is 13.2. The zero-order valence-corrected chi connectivity index (χ0v) is 11.9. The summed E-state index contributed by atoms with van der Waals surface area (Å²) in [6.45, 7) is 0.340. The van der Waals surface area contributed by atoms with Crippen LogP contribution in [0.25, 0.3) is 0 Å². The molecule has 0 radical (unpaired) electrons. The highest BCUT2D eigenvalue weighted by atomic mass is 35.5. The molecule has 21 heavy (non-hydrogen) atoms. The predicted octanol–water partition coefficient (Wildman–Crippen LogP) is 4.01. The minimum atomic E-state index is -0.870. The van der Waals surface area contributed by atoms with Gasteiger partial charge in [0, 0.05) is 28.9 Å². The third-order valence-corrected chi connectivity index (χ3v) is 3.10. The van der Waals surface area contributed by atoms with Crippen molar-refractivity contribution in [3.63, 3.8) is 0 Å². The topological polar surface area (TPSA) is 64.4 Å². The van der Waals surface area contributed by atoms with Crippen molar-refractivity contribution >= 4 is 23.0 Å². The van der Waals surface area contributed by atoms with E-state index in [-0.39, 0.29) is 0 Å². The molecule has 1 N–H and O–H groups in total. The fourth-order valence-electron chi connectivity index (χ4n) is 1.85. The molecular weight excluding hydrogens is 299 g/mol. The number of nitro benzene ring substituents is 1. The summed E-state index contributed by atoms with van der Waals surface area (Å²) in [5.41, 5.74) is 0.653. The van der Waals surface area contributed by atoms with E-state index in [9.17, 15) is 14.5 Å². The van der Waals surface area contributed by atoms with Crippen LogP contribution in [0.3, 0.4) is 0 Å². The number of nitro groups is 1. The minimum absolute atomic E-state index is 0.340. The van der Waals surface area contributed by atoms with Gasteiger partial charge in [0.15, 0.2) is 0 Å². The third-order valence-electron chi connectivity index (χ3n) is 2.87. The van der Waals surface area contributed by atoms with Gasteiger partial charge in [-0.3, -0.25) is 10.1 Å². The summed E-state index contributed by atoms with van der Waals surface area (Å²) in [5, 5.41) is 14.2. The quantitative estimate of drug-likeness (QED) is 0.669. The molecule has 0 amide bonds. The third kappa shape index (κ3) is 3.61.